The fourth-order valence-electron chi connectivity index (χ4n) is 2.70. The molecule has 0 bridgehead atoms. The van der Waals surface area contributed by atoms with E-state index in [-0.39, 0.29) is 18.0 Å². The largest absolute Gasteiger partial charge is 0.318 e. The first-order valence-corrected chi connectivity index (χ1v) is 8.41. The van der Waals surface area contributed by atoms with E-state index < -0.39 is 17.8 Å². The highest BCUT2D eigenvalue weighted by molar-refractivity contribution is 7.98. The Morgan fingerprint density at radius 2 is 2.14 bits per heavy atom. The monoisotopic (exact) mass is 314 g/mol. The number of nitrogens with one attached hydrogen (secondary N) is 1. The molecular formula is C15H20F2N2OS. The van der Waals surface area contributed by atoms with E-state index in [1.165, 1.54) is 12.1 Å². The second-order valence-corrected chi connectivity index (χ2v) is 6.16. The molecule has 0 aliphatic carbocycles. The van der Waals surface area contributed by atoms with E-state index in [9.17, 15) is 13.6 Å². The first-order valence-electron chi connectivity index (χ1n) is 7.01. The number of thioether (sulfide) groups is 1. The molecule has 116 valence electrons. The summed E-state index contributed by atoms with van der Waals surface area (Å²) in [4.78, 5) is 14.2. The molecule has 1 amide bonds. The quantitative estimate of drug-likeness (QED) is 0.907. The maximum Gasteiger partial charge on any atom is 0.241 e. The summed E-state index contributed by atoms with van der Waals surface area (Å²) in [6.45, 7) is 3.86. The number of nitrogens with zero attached hydrogens (tertiary/aromatic N) is 1. The fraction of sp³-hybridized carbons (Fsp3) is 0.533. The zero-order valence-electron chi connectivity index (χ0n) is 12.4. The molecule has 1 N–H and O–H groups in total. The van der Waals surface area contributed by atoms with Gasteiger partial charge in [-0.3, -0.25) is 10.1 Å². The van der Waals surface area contributed by atoms with Gasteiger partial charge < -0.3 is 4.90 Å². The highest BCUT2D eigenvalue weighted by Gasteiger charge is 2.41. The summed E-state index contributed by atoms with van der Waals surface area (Å²) >= 11 is 1.64. The molecule has 1 aliphatic heterocycles. The summed E-state index contributed by atoms with van der Waals surface area (Å²) in [6, 6.07) is 3.15. The Morgan fingerprint density at radius 3 is 2.71 bits per heavy atom. The van der Waals surface area contributed by atoms with Crippen LogP contribution in [0.2, 0.25) is 0 Å². The lowest BCUT2D eigenvalue weighted by Crippen LogP contribution is -2.40. The lowest BCUT2D eigenvalue weighted by atomic mass is 10.1. The fourth-order valence-corrected chi connectivity index (χ4v) is 3.34. The molecule has 1 aromatic rings. The van der Waals surface area contributed by atoms with Crippen molar-refractivity contribution in [1.82, 2.24) is 10.2 Å². The zero-order valence-corrected chi connectivity index (χ0v) is 13.2. The van der Waals surface area contributed by atoms with Gasteiger partial charge in [-0.05, 0) is 31.7 Å². The minimum atomic E-state index is -0.626. The van der Waals surface area contributed by atoms with E-state index in [4.69, 9.17) is 0 Å². The van der Waals surface area contributed by atoms with Gasteiger partial charge in [-0.2, -0.15) is 11.8 Å². The second-order valence-electron chi connectivity index (χ2n) is 5.25. The van der Waals surface area contributed by atoms with Crippen LogP contribution in [-0.2, 0) is 4.79 Å². The highest BCUT2D eigenvalue weighted by Crippen LogP contribution is 2.31. The number of carbonyl (C=O) groups excluding carboxylic acids is 1. The molecule has 0 radical (unpaired) electrons. The van der Waals surface area contributed by atoms with E-state index in [0.717, 1.165) is 11.8 Å². The van der Waals surface area contributed by atoms with Crippen LogP contribution in [-0.4, -0.2) is 34.9 Å². The van der Waals surface area contributed by atoms with Crippen LogP contribution in [0.4, 0.5) is 8.78 Å². The molecule has 21 heavy (non-hydrogen) atoms. The van der Waals surface area contributed by atoms with Gasteiger partial charge in [-0.1, -0.05) is 6.92 Å². The van der Waals surface area contributed by atoms with E-state index in [1.807, 2.05) is 20.1 Å². The normalized spacial score (nSPS) is 23.7. The predicted octanol–water partition coefficient (Wildman–Crippen LogP) is 2.93. The van der Waals surface area contributed by atoms with Gasteiger partial charge in [0.2, 0.25) is 5.91 Å². The third kappa shape index (κ3) is 3.21. The topological polar surface area (TPSA) is 32.3 Å². The third-order valence-electron chi connectivity index (χ3n) is 3.74. The van der Waals surface area contributed by atoms with Gasteiger partial charge in [0.1, 0.15) is 17.8 Å². The van der Waals surface area contributed by atoms with Gasteiger partial charge >= 0.3 is 0 Å². The van der Waals surface area contributed by atoms with Gasteiger partial charge in [0.05, 0.1) is 6.04 Å². The van der Waals surface area contributed by atoms with Crippen LogP contribution < -0.4 is 5.32 Å². The Morgan fingerprint density at radius 1 is 1.43 bits per heavy atom. The maximum atomic E-state index is 14.1. The van der Waals surface area contributed by atoms with Gasteiger partial charge in [0, 0.05) is 23.4 Å². The van der Waals surface area contributed by atoms with Crippen LogP contribution in [0, 0.1) is 11.6 Å². The van der Waals surface area contributed by atoms with Crippen molar-refractivity contribution in [2.45, 2.75) is 38.5 Å². The molecule has 1 aromatic carbocycles. The number of hydrogen-bond donors (Lipinski definition) is 1. The van der Waals surface area contributed by atoms with E-state index in [2.05, 4.69) is 5.32 Å². The van der Waals surface area contributed by atoms with E-state index in [0.29, 0.717) is 12.0 Å². The van der Waals surface area contributed by atoms with Crippen molar-refractivity contribution < 1.29 is 13.6 Å². The van der Waals surface area contributed by atoms with Gasteiger partial charge in [-0.15, -0.1) is 0 Å². The molecular weight excluding hydrogens is 294 g/mol. The van der Waals surface area contributed by atoms with Gasteiger partial charge in [0.25, 0.3) is 0 Å². The average molecular weight is 314 g/mol. The smallest absolute Gasteiger partial charge is 0.241 e. The minimum Gasteiger partial charge on any atom is -0.318 e. The lowest BCUT2D eigenvalue weighted by molar-refractivity contribution is -0.131. The summed E-state index contributed by atoms with van der Waals surface area (Å²) in [5.41, 5.74) is 0.314. The molecule has 2 rings (SSSR count). The van der Waals surface area contributed by atoms with Crippen LogP contribution in [0.3, 0.4) is 0 Å². The standard InChI is InChI=1S/C15H20F2N2OS/c1-4-13-15(20)19(9(2)8-21-3)14(18-13)11-6-5-10(16)7-12(11)17/h5-7,9,13-14,18H,4,8H2,1-3H3. The summed E-state index contributed by atoms with van der Waals surface area (Å²) in [5, 5.41) is 3.16. The van der Waals surface area contributed by atoms with Crippen molar-refractivity contribution in [3.63, 3.8) is 0 Å². The molecule has 0 aromatic heterocycles. The van der Waals surface area contributed by atoms with Gasteiger partial charge in [0.15, 0.2) is 0 Å². The van der Waals surface area contributed by atoms with Crippen LogP contribution in [0.25, 0.3) is 0 Å². The summed E-state index contributed by atoms with van der Waals surface area (Å²) in [7, 11) is 0. The Bertz CT molecular complexity index is 526. The lowest BCUT2D eigenvalue weighted by Gasteiger charge is -2.30. The molecule has 0 spiro atoms. The molecule has 1 fully saturated rings. The number of rotatable bonds is 5. The highest BCUT2D eigenvalue weighted by atomic mass is 32.2. The first kappa shape index (κ1) is 16.2. The summed E-state index contributed by atoms with van der Waals surface area (Å²) < 4.78 is 27.1. The van der Waals surface area contributed by atoms with Crippen molar-refractivity contribution in [3.8, 4) is 0 Å². The van der Waals surface area contributed by atoms with Crippen LogP contribution in [0.5, 0.6) is 0 Å². The van der Waals surface area contributed by atoms with E-state index in [1.54, 1.807) is 16.7 Å². The maximum absolute atomic E-state index is 14.1. The molecule has 1 saturated heterocycles. The minimum absolute atomic E-state index is 0.0206. The molecule has 3 unspecified atom stereocenters. The number of halogens is 2. The number of carbonyl (C=O) groups is 1. The molecule has 6 heteroatoms. The Labute approximate surface area is 128 Å². The molecule has 3 nitrogen and oxygen atoms in total. The van der Waals surface area contributed by atoms with Gasteiger partial charge in [-0.25, -0.2) is 8.78 Å². The first-order chi connectivity index (χ1) is 9.99. The van der Waals surface area contributed by atoms with Crippen LogP contribution in [0.1, 0.15) is 32.0 Å². The predicted molar refractivity (Wildman–Crippen MR) is 81.0 cm³/mol. The van der Waals surface area contributed by atoms with Crippen molar-refractivity contribution >= 4 is 17.7 Å². The Kier molecular flexibility index (Phi) is 5.22. The second kappa shape index (κ2) is 6.75. The number of hydrogen-bond acceptors (Lipinski definition) is 3. The molecule has 0 saturated carbocycles. The number of amides is 1. The van der Waals surface area contributed by atoms with E-state index >= 15 is 0 Å². The van der Waals surface area contributed by atoms with Crippen LogP contribution >= 0.6 is 11.8 Å². The number of benzene rings is 1. The van der Waals surface area contributed by atoms with Crippen LogP contribution in [0.15, 0.2) is 18.2 Å². The van der Waals surface area contributed by atoms with Crippen molar-refractivity contribution in [2.24, 2.45) is 0 Å². The molecule has 1 heterocycles. The zero-order chi connectivity index (χ0) is 15.6. The molecule has 1 aliphatic rings. The Balaban J connectivity index is 2.36. The SMILES string of the molecule is CCC1NC(c2ccc(F)cc2F)N(C(C)CSC)C1=O. The average Bonchev–Trinajstić information content (AvgIpc) is 2.75. The summed E-state index contributed by atoms with van der Waals surface area (Å²) in [5.74, 6) is -0.495. The summed E-state index contributed by atoms with van der Waals surface area (Å²) in [6.07, 6.45) is 2.07. The third-order valence-corrected chi connectivity index (χ3v) is 4.55. The Hall–Kier alpha value is -1.14. The molecule has 3 atom stereocenters. The van der Waals surface area contributed by atoms with Crippen molar-refractivity contribution in [2.75, 3.05) is 12.0 Å². The van der Waals surface area contributed by atoms with Crippen molar-refractivity contribution in [3.05, 3.63) is 35.4 Å². The van der Waals surface area contributed by atoms with Crippen molar-refractivity contribution in [1.29, 1.82) is 0 Å².